The Morgan fingerprint density at radius 3 is 2.50 bits per heavy atom. The summed E-state index contributed by atoms with van der Waals surface area (Å²) in [6.45, 7) is 1.83. The number of hydrogen-bond acceptors (Lipinski definition) is 4. The van der Waals surface area contributed by atoms with Gasteiger partial charge in [-0.25, -0.2) is 8.42 Å². The van der Waals surface area contributed by atoms with Gasteiger partial charge in [-0.3, -0.25) is 4.79 Å². The molecule has 0 atom stereocenters. The minimum Gasteiger partial charge on any atom is -0.378 e. The van der Waals surface area contributed by atoms with Crippen LogP contribution in [-0.4, -0.2) is 51.0 Å². The number of rotatable bonds is 8. The summed E-state index contributed by atoms with van der Waals surface area (Å²) < 4.78 is 33.0. The third-order valence-corrected chi connectivity index (χ3v) is 8.48. The maximum absolute atomic E-state index is 12.9. The number of benzene rings is 1. The zero-order valence-corrected chi connectivity index (χ0v) is 19.4. The number of amides is 1. The molecule has 0 bridgehead atoms. The smallest absolute Gasteiger partial charge is 0.244 e. The van der Waals surface area contributed by atoms with Crippen LogP contribution in [-0.2, 0) is 19.6 Å². The van der Waals surface area contributed by atoms with Gasteiger partial charge in [0.05, 0.1) is 11.1 Å². The van der Waals surface area contributed by atoms with Crippen molar-refractivity contribution in [2.75, 3.05) is 26.2 Å². The summed E-state index contributed by atoms with van der Waals surface area (Å²) >= 11 is 12.0. The third-order valence-electron chi connectivity index (χ3n) is 5.86. The van der Waals surface area contributed by atoms with Crippen molar-refractivity contribution in [2.24, 2.45) is 5.92 Å². The summed E-state index contributed by atoms with van der Waals surface area (Å²) in [7, 11) is -3.73. The predicted octanol–water partition coefficient (Wildman–Crippen LogP) is 4.25. The minimum absolute atomic E-state index is 0.00879. The number of ether oxygens (including phenoxy) is 1. The van der Waals surface area contributed by atoms with Crippen molar-refractivity contribution in [3.8, 4) is 0 Å². The second-order valence-corrected chi connectivity index (χ2v) is 10.8. The van der Waals surface area contributed by atoms with Crippen LogP contribution in [0, 0.1) is 5.92 Å². The van der Waals surface area contributed by atoms with E-state index in [0.29, 0.717) is 37.1 Å². The molecule has 168 valence electrons. The van der Waals surface area contributed by atoms with E-state index in [2.05, 4.69) is 5.32 Å². The zero-order chi connectivity index (χ0) is 21.6. The lowest BCUT2D eigenvalue weighted by Crippen LogP contribution is -2.43. The van der Waals surface area contributed by atoms with Crippen LogP contribution in [0.5, 0.6) is 0 Å². The molecule has 1 aromatic rings. The molecule has 0 unspecified atom stereocenters. The molecule has 1 saturated carbocycles. The normalized spacial score (nSPS) is 19.7. The molecule has 1 aliphatic heterocycles. The van der Waals surface area contributed by atoms with Crippen LogP contribution in [0.1, 0.15) is 51.4 Å². The highest BCUT2D eigenvalue weighted by Crippen LogP contribution is 2.30. The Labute approximate surface area is 189 Å². The molecule has 3 rings (SSSR count). The molecule has 1 saturated heterocycles. The summed E-state index contributed by atoms with van der Waals surface area (Å²) in [4.78, 5) is 12.4. The van der Waals surface area contributed by atoms with Gasteiger partial charge in [0.2, 0.25) is 15.9 Å². The van der Waals surface area contributed by atoms with Crippen LogP contribution in [0.4, 0.5) is 0 Å². The molecule has 1 aliphatic carbocycles. The van der Waals surface area contributed by atoms with E-state index >= 15 is 0 Å². The second-order valence-electron chi connectivity index (χ2n) is 8.03. The summed E-state index contributed by atoms with van der Waals surface area (Å²) in [5, 5.41) is 3.43. The average molecular weight is 477 g/mol. The lowest BCUT2D eigenvalue weighted by atomic mass is 9.97. The predicted molar refractivity (Wildman–Crippen MR) is 118 cm³/mol. The van der Waals surface area contributed by atoms with E-state index in [9.17, 15) is 13.2 Å². The highest BCUT2D eigenvalue weighted by molar-refractivity contribution is 7.89. The van der Waals surface area contributed by atoms with E-state index in [1.165, 1.54) is 35.7 Å². The number of carbonyl (C=O) groups is 1. The standard InChI is InChI=1S/C21H30Cl2N2O4S/c22-17-7-8-19(23)20(15-17)30(27,28)25-12-9-16(10-13-25)21(26)24-11-4-14-29-18-5-2-1-3-6-18/h7-8,15-16,18H,1-6,9-14H2,(H,24,26). The Balaban J connectivity index is 1.40. The summed E-state index contributed by atoms with van der Waals surface area (Å²) in [5.41, 5.74) is 0. The maximum Gasteiger partial charge on any atom is 0.244 e. The van der Waals surface area contributed by atoms with Gasteiger partial charge in [-0.05, 0) is 50.3 Å². The molecule has 0 aromatic heterocycles. The molecule has 1 aromatic carbocycles. The fraction of sp³-hybridized carbons (Fsp3) is 0.667. The summed E-state index contributed by atoms with van der Waals surface area (Å²) in [6.07, 6.45) is 8.25. The first-order chi connectivity index (χ1) is 14.4. The maximum atomic E-state index is 12.9. The van der Waals surface area contributed by atoms with Gasteiger partial charge in [-0.2, -0.15) is 4.31 Å². The molecule has 30 heavy (non-hydrogen) atoms. The molecular weight excluding hydrogens is 447 g/mol. The van der Waals surface area contributed by atoms with E-state index in [4.69, 9.17) is 27.9 Å². The van der Waals surface area contributed by atoms with Gasteiger partial charge in [0.25, 0.3) is 0 Å². The van der Waals surface area contributed by atoms with E-state index in [1.807, 2.05) is 0 Å². The first kappa shape index (κ1) is 23.8. The van der Waals surface area contributed by atoms with Crippen LogP contribution >= 0.6 is 23.2 Å². The van der Waals surface area contributed by atoms with E-state index < -0.39 is 10.0 Å². The fourth-order valence-electron chi connectivity index (χ4n) is 4.08. The van der Waals surface area contributed by atoms with Crippen LogP contribution in [0.15, 0.2) is 23.1 Å². The Bertz CT molecular complexity index is 820. The number of hydrogen-bond donors (Lipinski definition) is 1. The molecule has 0 radical (unpaired) electrons. The number of nitrogens with one attached hydrogen (secondary N) is 1. The number of piperidine rings is 1. The lowest BCUT2D eigenvalue weighted by molar-refractivity contribution is -0.126. The average Bonchev–Trinajstić information content (AvgIpc) is 2.76. The van der Waals surface area contributed by atoms with Gasteiger partial charge >= 0.3 is 0 Å². The topological polar surface area (TPSA) is 75.7 Å². The van der Waals surface area contributed by atoms with E-state index in [1.54, 1.807) is 6.07 Å². The highest BCUT2D eigenvalue weighted by Gasteiger charge is 2.33. The summed E-state index contributed by atoms with van der Waals surface area (Å²) in [6, 6.07) is 4.40. The molecule has 1 heterocycles. The van der Waals surface area contributed by atoms with Gasteiger partial charge < -0.3 is 10.1 Å². The Morgan fingerprint density at radius 2 is 1.80 bits per heavy atom. The molecule has 6 nitrogen and oxygen atoms in total. The van der Waals surface area contributed by atoms with Crippen LogP contribution in [0.25, 0.3) is 0 Å². The van der Waals surface area contributed by atoms with Crippen molar-refractivity contribution < 1.29 is 17.9 Å². The highest BCUT2D eigenvalue weighted by atomic mass is 35.5. The monoisotopic (exact) mass is 476 g/mol. The zero-order valence-electron chi connectivity index (χ0n) is 17.1. The molecular formula is C21H30Cl2N2O4S. The first-order valence-corrected chi connectivity index (χ1v) is 12.9. The SMILES string of the molecule is O=C(NCCCOC1CCCCC1)C1CCN(S(=O)(=O)c2cc(Cl)ccc2Cl)CC1. The quantitative estimate of drug-likeness (QED) is 0.568. The number of sulfonamides is 1. The van der Waals surface area contributed by atoms with Crippen LogP contribution in [0.2, 0.25) is 10.0 Å². The van der Waals surface area contributed by atoms with Crippen molar-refractivity contribution in [3.05, 3.63) is 28.2 Å². The molecule has 1 amide bonds. The van der Waals surface area contributed by atoms with Crippen molar-refractivity contribution in [3.63, 3.8) is 0 Å². The minimum atomic E-state index is -3.73. The van der Waals surface area contributed by atoms with E-state index in [-0.39, 0.29) is 34.8 Å². The Kier molecular flexibility index (Phi) is 8.83. The molecule has 1 N–H and O–H groups in total. The van der Waals surface area contributed by atoms with Gasteiger partial charge in [0, 0.05) is 37.2 Å². The molecule has 0 spiro atoms. The Morgan fingerprint density at radius 1 is 1.10 bits per heavy atom. The number of nitrogens with zero attached hydrogens (tertiary/aromatic N) is 1. The van der Waals surface area contributed by atoms with Gasteiger partial charge in [0.15, 0.2) is 0 Å². The number of carbonyl (C=O) groups excluding carboxylic acids is 1. The van der Waals surface area contributed by atoms with Crippen molar-refractivity contribution in [1.29, 1.82) is 0 Å². The summed E-state index contributed by atoms with van der Waals surface area (Å²) in [5.74, 6) is -0.184. The second kappa shape index (κ2) is 11.1. The molecule has 2 aliphatic rings. The van der Waals surface area contributed by atoms with Crippen molar-refractivity contribution >= 4 is 39.1 Å². The Hall–Kier alpha value is -0.860. The molecule has 9 heteroatoms. The fourth-order valence-corrected chi connectivity index (χ4v) is 6.29. The largest absolute Gasteiger partial charge is 0.378 e. The number of halogens is 2. The first-order valence-electron chi connectivity index (χ1n) is 10.7. The van der Waals surface area contributed by atoms with Crippen molar-refractivity contribution in [1.82, 2.24) is 9.62 Å². The van der Waals surface area contributed by atoms with Gasteiger partial charge in [-0.15, -0.1) is 0 Å². The van der Waals surface area contributed by atoms with E-state index in [0.717, 1.165) is 19.3 Å². The van der Waals surface area contributed by atoms with Gasteiger partial charge in [-0.1, -0.05) is 42.5 Å². The lowest BCUT2D eigenvalue weighted by Gasteiger charge is -2.30. The molecule has 2 fully saturated rings. The van der Waals surface area contributed by atoms with Crippen LogP contribution in [0.3, 0.4) is 0 Å². The van der Waals surface area contributed by atoms with Gasteiger partial charge in [0.1, 0.15) is 4.90 Å². The van der Waals surface area contributed by atoms with Crippen LogP contribution < -0.4 is 5.32 Å². The third kappa shape index (κ3) is 6.33. The van der Waals surface area contributed by atoms with Crippen molar-refractivity contribution in [2.45, 2.75) is 62.4 Å².